The van der Waals surface area contributed by atoms with Crippen molar-refractivity contribution >= 4 is 39.1 Å². The van der Waals surface area contributed by atoms with Gasteiger partial charge in [0.15, 0.2) is 12.2 Å². The number of rotatable bonds is 13. The fraction of sp³-hybridized carbons (Fsp3) is 0.429. The van der Waals surface area contributed by atoms with Gasteiger partial charge in [0.1, 0.15) is 0 Å². The van der Waals surface area contributed by atoms with Gasteiger partial charge in [-0.3, -0.25) is 9.59 Å². The molecule has 1 aromatic heterocycles. The van der Waals surface area contributed by atoms with Crippen LogP contribution in [0.1, 0.15) is 24.6 Å². The fourth-order valence-electron chi connectivity index (χ4n) is 2.52. The van der Waals surface area contributed by atoms with Gasteiger partial charge in [-0.1, -0.05) is 60.1 Å². The summed E-state index contributed by atoms with van der Waals surface area (Å²) in [6, 6.07) is 3.87. The zero-order valence-corrected chi connectivity index (χ0v) is 19.0. The molecule has 6 nitrogen and oxygen atoms in total. The minimum absolute atomic E-state index is 0.226. The molecule has 1 heterocycles. The Morgan fingerprint density at radius 1 is 1.38 bits per heavy atom. The fourth-order valence-corrected chi connectivity index (χ4v) is 3.38. The van der Waals surface area contributed by atoms with E-state index in [4.69, 9.17) is 0 Å². The van der Waals surface area contributed by atoms with E-state index >= 15 is 0 Å². The second-order valence-electron chi connectivity index (χ2n) is 6.39. The Bertz CT molecular complexity index is 704. The SMILES string of the molecule is C=C/C(=C\C=C\Br)CN(CCCC)C(=O)C(O)C(O)C(=O)NCCc1cccs1. The molecule has 0 aromatic carbocycles. The molecule has 8 heteroatoms. The van der Waals surface area contributed by atoms with Gasteiger partial charge in [0.05, 0.1) is 0 Å². The van der Waals surface area contributed by atoms with Crippen molar-refractivity contribution < 1.29 is 19.8 Å². The molecule has 1 aromatic rings. The van der Waals surface area contributed by atoms with Crippen molar-refractivity contribution in [3.8, 4) is 0 Å². The van der Waals surface area contributed by atoms with Crippen LogP contribution in [-0.4, -0.2) is 58.8 Å². The van der Waals surface area contributed by atoms with Crippen LogP contribution >= 0.6 is 27.3 Å². The van der Waals surface area contributed by atoms with E-state index in [1.807, 2.05) is 24.4 Å². The van der Waals surface area contributed by atoms with E-state index in [1.165, 1.54) is 4.90 Å². The van der Waals surface area contributed by atoms with E-state index < -0.39 is 24.0 Å². The van der Waals surface area contributed by atoms with Gasteiger partial charge in [0.25, 0.3) is 11.8 Å². The van der Waals surface area contributed by atoms with Crippen molar-refractivity contribution in [3.63, 3.8) is 0 Å². The molecule has 0 spiro atoms. The van der Waals surface area contributed by atoms with E-state index in [1.54, 1.807) is 34.6 Å². The number of amides is 2. The predicted molar refractivity (Wildman–Crippen MR) is 121 cm³/mol. The molecule has 0 saturated carbocycles. The van der Waals surface area contributed by atoms with Crippen LogP contribution in [-0.2, 0) is 16.0 Å². The topological polar surface area (TPSA) is 89.9 Å². The van der Waals surface area contributed by atoms with Crippen molar-refractivity contribution in [2.45, 2.75) is 38.4 Å². The van der Waals surface area contributed by atoms with Crippen LogP contribution < -0.4 is 5.32 Å². The van der Waals surface area contributed by atoms with Crippen LogP contribution in [0.15, 0.2) is 52.9 Å². The highest BCUT2D eigenvalue weighted by Gasteiger charge is 2.33. The Labute approximate surface area is 184 Å². The first-order chi connectivity index (χ1) is 13.9. The molecule has 0 bridgehead atoms. The molecule has 160 valence electrons. The highest BCUT2D eigenvalue weighted by atomic mass is 79.9. The number of halogens is 1. The lowest BCUT2D eigenvalue weighted by Crippen LogP contribution is -2.51. The normalized spacial score (nSPS) is 13.9. The maximum Gasteiger partial charge on any atom is 0.254 e. The van der Waals surface area contributed by atoms with E-state index in [2.05, 4.69) is 27.8 Å². The first kappa shape index (κ1) is 25.3. The number of aliphatic hydroxyl groups is 2. The van der Waals surface area contributed by atoms with Gasteiger partial charge in [-0.15, -0.1) is 11.3 Å². The number of hydrogen-bond donors (Lipinski definition) is 3. The lowest BCUT2D eigenvalue weighted by atomic mass is 10.1. The van der Waals surface area contributed by atoms with Crippen LogP contribution in [0.3, 0.4) is 0 Å². The zero-order chi connectivity index (χ0) is 21.6. The molecule has 0 aliphatic heterocycles. The molecule has 1 rings (SSSR count). The van der Waals surface area contributed by atoms with E-state index in [9.17, 15) is 19.8 Å². The molecule has 0 saturated heterocycles. The zero-order valence-electron chi connectivity index (χ0n) is 16.6. The standard InChI is InChI=1S/C21H29BrN2O4S/c1-3-5-13-24(15-16(4-2)8-6-11-22)21(28)19(26)18(25)20(27)23-12-10-17-9-7-14-29-17/h4,6-9,11,14,18-19,25-26H,2-3,5,10,12-13,15H2,1H3,(H,23,27)/b11-6+,16-8+. The smallest absolute Gasteiger partial charge is 0.254 e. The maximum absolute atomic E-state index is 12.7. The average Bonchev–Trinajstić information content (AvgIpc) is 3.25. The molecule has 3 N–H and O–H groups in total. The maximum atomic E-state index is 12.7. The summed E-state index contributed by atoms with van der Waals surface area (Å²) in [5.41, 5.74) is 0.771. The second-order valence-corrected chi connectivity index (χ2v) is 7.95. The van der Waals surface area contributed by atoms with Gasteiger partial charge in [-0.25, -0.2) is 0 Å². The Morgan fingerprint density at radius 3 is 2.72 bits per heavy atom. The van der Waals surface area contributed by atoms with Gasteiger partial charge < -0.3 is 20.4 Å². The summed E-state index contributed by atoms with van der Waals surface area (Å²) in [6.45, 7) is 6.68. The van der Waals surface area contributed by atoms with Gasteiger partial charge in [-0.05, 0) is 34.8 Å². The first-order valence-corrected chi connectivity index (χ1v) is 11.3. The van der Waals surface area contributed by atoms with Gasteiger partial charge in [-0.2, -0.15) is 0 Å². The molecule has 2 amide bonds. The highest BCUT2D eigenvalue weighted by Crippen LogP contribution is 2.10. The van der Waals surface area contributed by atoms with Crippen LogP contribution in [0.5, 0.6) is 0 Å². The van der Waals surface area contributed by atoms with Crippen molar-refractivity contribution in [3.05, 3.63) is 57.8 Å². The van der Waals surface area contributed by atoms with Crippen LogP contribution in [0.2, 0.25) is 0 Å². The van der Waals surface area contributed by atoms with Gasteiger partial charge >= 0.3 is 0 Å². The summed E-state index contributed by atoms with van der Waals surface area (Å²) < 4.78 is 0. The lowest BCUT2D eigenvalue weighted by molar-refractivity contribution is -0.152. The third-order valence-electron chi connectivity index (χ3n) is 4.18. The molecule has 0 fully saturated rings. The van der Waals surface area contributed by atoms with Crippen molar-refractivity contribution in [2.24, 2.45) is 0 Å². The summed E-state index contributed by atoms with van der Waals surface area (Å²) in [7, 11) is 0. The Morgan fingerprint density at radius 2 is 2.14 bits per heavy atom. The van der Waals surface area contributed by atoms with Crippen LogP contribution in [0, 0.1) is 0 Å². The molecular weight excluding hydrogens is 456 g/mol. The minimum atomic E-state index is -1.83. The number of nitrogens with one attached hydrogen (secondary N) is 1. The average molecular weight is 485 g/mol. The molecule has 0 aliphatic rings. The number of unbranched alkanes of at least 4 members (excludes halogenated alkanes) is 1. The number of carbonyl (C=O) groups excluding carboxylic acids is 2. The molecule has 2 atom stereocenters. The second kappa shape index (κ2) is 14.3. The molecule has 0 aliphatic carbocycles. The van der Waals surface area contributed by atoms with Crippen molar-refractivity contribution in [2.75, 3.05) is 19.6 Å². The number of nitrogens with zero attached hydrogens (tertiary/aromatic N) is 1. The van der Waals surface area contributed by atoms with Crippen LogP contribution in [0.4, 0.5) is 0 Å². The Kier molecular flexibility index (Phi) is 12.5. The summed E-state index contributed by atoms with van der Waals surface area (Å²) in [5.74, 6) is -1.45. The molecular formula is C21H29BrN2O4S. The summed E-state index contributed by atoms with van der Waals surface area (Å²) in [5, 5.41) is 25.0. The Hall–Kier alpha value is -1.74. The molecule has 0 radical (unpaired) electrons. The summed E-state index contributed by atoms with van der Waals surface area (Å²) >= 11 is 4.75. The summed E-state index contributed by atoms with van der Waals surface area (Å²) in [6.07, 6.45) is 3.73. The van der Waals surface area contributed by atoms with Gasteiger partial charge in [0, 0.05) is 24.5 Å². The number of allylic oxidation sites excluding steroid dienone is 2. The largest absolute Gasteiger partial charge is 0.380 e. The first-order valence-electron chi connectivity index (χ1n) is 9.47. The van der Waals surface area contributed by atoms with E-state index in [0.29, 0.717) is 19.5 Å². The van der Waals surface area contributed by atoms with Crippen LogP contribution in [0.25, 0.3) is 0 Å². The van der Waals surface area contributed by atoms with Crippen molar-refractivity contribution in [1.29, 1.82) is 0 Å². The highest BCUT2D eigenvalue weighted by molar-refractivity contribution is 9.11. The molecule has 29 heavy (non-hydrogen) atoms. The third kappa shape index (κ3) is 9.08. The number of hydrogen-bond acceptors (Lipinski definition) is 5. The Balaban J connectivity index is 2.71. The number of carbonyl (C=O) groups is 2. The van der Waals surface area contributed by atoms with E-state index in [0.717, 1.165) is 23.3 Å². The third-order valence-corrected chi connectivity index (χ3v) is 5.42. The monoisotopic (exact) mass is 484 g/mol. The minimum Gasteiger partial charge on any atom is -0.380 e. The molecule has 2 unspecified atom stereocenters. The van der Waals surface area contributed by atoms with Crippen molar-refractivity contribution in [1.82, 2.24) is 10.2 Å². The number of aliphatic hydroxyl groups excluding tert-OH is 2. The summed E-state index contributed by atoms with van der Waals surface area (Å²) in [4.78, 5) is 29.1. The quantitative estimate of drug-likeness (QED) is 0.375. The van der Waals surface area contributed by atoms with E-state index in [-0.39, 0.29) is 6.54 Å². The lowest BCUT2D eigenvalue weighted by Gasteiger charge is -2.27. The number of thiophene rings is 1. The predicted octanol–water partition coefficient (Wildman–Crippen LogP) is 2.78. The van der Waals surface area contributed by atoms with Gasteiger partial charge in [0.2, 0.25) is 0 Å².